The molecule has 0 bridgehead atoms. The Hall–Kier alpha value is -1.29. The molecule has 2 rings (SSSR count). The molecule has 4 heteroatoms. The summed E-state index contributed by atoms with van der Waals surface area (Å²) >= 11 is 0. The Bertz CT molecular complexity index is 375. The van der Waals surface area contributed by atoms with E-state index in [0.717, 1.165) is 24.0 Å². The highest BCUT2D eigenvalue weighted by Gasteiger charge is 2.18. The van der Waals surface area contributed by atoms with Gasteiger partial charge in [0, 0.05) is 12.7 Å². The van der Waals surface area contributed by atoms with Crippen LogP contribution in [0, 0.1) is 5.92 Å². The van der Waals surface area contributed by atoms with Gasteiger partial charge in [0.1, 0.15) is 0 Å². The van der Waals surface area contributed by atoms with E-state index >= 15 is 0 Å². The number of rotatable bonds is 6. The van der Waals surface area contributed by atoms with Crippen LogP contribution >= 0.6 is 0 Å². The lowest BCUT2D eigenvalue weighted by atomic mass is 9.97. The molecule has 19 heavy (non-hydrogen) atoms. The van der Waals surface area contributed by atoms with Crippen molar-refractivity contribution in [3.05, 3.63) is 18.3 Å². The number of piperidine rings is 1. The van der Waals surface area contributed by atoms with Gasteiger partial charge in [0.2, 0.25) is 0 Å². The molecule has 1 fully saturated rings. The zero-order valence-corrected chi connectivity index (χ0v) is 12.1. The number of likely N-dealkylation sites (tertiary alicyclic amines) is 1. The molecular formula is C15H25N3O. The lowest BCUT2D eigenvalue weighted by molar-refractivity contribution is 0.198. The van der Waals surface area contributed by atoms with Crippen molar-refractivity contribution in [2.45, 2.75) is 26.7 Å². The van der Waals surface area contributed by atoms with Crippen LogP contribution in [-0.4, -0.2) is 42.7 Å². The predicted molar refractivity (Wildman–Crippen MR) is 78.7 cm³/mol. The van der Waals surface area contributed by atoms with E-state index in [-0.39, 0.29) is 0 Å². The van der Waals surface area contributed by atoms with Gasteiger partial charge in [0.25, 0.3) is 0 Å². The number of aromatic nitrogens is 1. The normalized spacial score (nSPS) is 17.4. The highest BCUT2D eigenvalue weighted by atomic mass is 16.5. The van der Waals surface area contributed by atoms with Gasteiger partial charge < -0.3 is 15.0 Å². The van der Waals surface area contributed by atoms with E-state index in [9.17, 15) is 0 Å². The van der Waals surface area contributed by atoms with E-state index in [4.69, 9.17) is 4.74 Å². The summed E-state index contributed by atoms with van der Waals surface area (Å²) in [4.78, 5) is 6.88. The van der Waals surface area contributed by atoms with Crippen molar-refractivity contribution in [2.75, 3.05) is 38.1 Å². The van der Waals surface area contributed by atoms with Gasteiger partial charge in [-0.3, -0.25) is 0 Å². The van der Waals surface area contributed by atoms with E-state index in [1.165, 1.54) is 32.5 Å². The molecule has 1 aromatic heterocycles. The van der Waals surface area contributed by atoms with Crippen LogP contribution in [0.4, 0.5) is 5.82 Å². The Morgan fingerprint density at radius 1 is 1.37 bits per heavy atom. The molecule has 1 aliphatic heterocycles. The molecule has 0 saturated carbocycles. The molecule has 0 radical (unpaired) electrons. The van der Waals surface area contributed by atoms with Gasteiger partial charge in [0.15, 0.2) is 11.6 Å². The van der Waals surface area contributed by atoms with E-state index in [2.05, 4.69) is 22.1 Å². The third-order valence-corrected chi connectivity index (χ3v) is 3.78. The minimum atomic E-state index is 0.676. The summed E-state index contributed by atoms with van der Waals surface area (Å²) in [6.45, 7) is 9.53. The summed E-state index contributed by atoms with van der Waals surface area (Å²) in [5, 5.41) is 3.45. The molecule has 2 heterocycles. The molecule has 1 aromatic rings. The Kier molecular flexibility index (Phi) is 5.45. The van der Waals surface area contributed by atoms with Crippen LogP contribution in [0.25, 0.3) is 0 Å². The minimum absolute atomic E-state index is 0.676. The summed E-state index contributed by atoms with van der Waals surface area (Å²) in [7, 11) is 0. The fourth-order valence-corrected chi connectivity index (χ4v) is 2.54. The molecule has 0 atom stereocenters. The predicted octanol–water partition coefficient (Wildman–Crippen LogP) is 2.62. The summed E-state index contributed by atoms with van der Waals surface area (Å²) < 4.78 is 5.58. The third-order valence-electron chi connectivity index (χ3n) is 3.78. The number of nitrogens with zero attached hydrogens (tertiary/aromatic N) is 2. The average molecular weight is 263 g/mol. The summed E-state index contributed by atoms with van der Waals surface area (Å²) in [6.07, 6.45) is 4.36. The van der Waals surface area contributed by atoms with Crippen LogP contribution in [0.2, 0.25) is 0 Å². The minimum Gasteiger partial charge on any atom is -0.490 e. The maximum Gasteiger partial charge on any atom is 0.168 e. The Balaban J connectivity index is 1.82. The maximum atomic E-state index is 5.58. The van der Waals surface area contributed by atoms with Crippen molar-refractivity contribution < 1.29 is 4.74 Å². The van der Waals surface area contributed by atoms with E-state index in [1.807, 2.05) is 25.3 Å². The molecule has 1 N–H and O–H groups in total. The van der Waals surface area contributed by atoms with Gasteiger partial charge in [-0.05, 0) is 57.5 Å². The van der Waals surface area contributed by atoms with Crippen LogP contribution in [-0.2, 0) is 0 Å². The summed E-state index contributed by atoms with van der Waals surface area (Å²) in [5.41, 5.74) is 0. The summed E-state index contributed by atoms with van der Waals surface area (Å²) in [6, 6.07) is 3.88. The lowest BCUT2D eigenvalue weighted by Crippen LogP contribution is -2.35. The third kappa shape index (κ3) is 4.10. The highest BCUT2D eigenvalue weighted by molar-refractivity contribution is 5.49. The fraction of sp³-hybridized carbons (Fsp3) is 0.667. The first-order valence-electron chi connectivity index (χ1n) is 7.37. The number of ether oxygens (including phenoxy) is 1. The van der Waals surface area contributed by atoms with Crippen LogP contribution < -0.4 is 10.1 Å². The molecule has 4 nitrogen and oxygen atoms in total. The van der Waals surface area contributed by atoms with Crippen molar-refractivity contribution >= 4 is 5.82 Å². The first-order valence-corrected chi connectivity index (χ1v) is 7.37. The molecule has 0 amide bonds. The van der Waals surface area contributed by atoms with E-state index < -0.39 is 0 Å². The molecule has 0 aromatic carbocycles. The van der Waals surface area contributed by atoms with Crippen molar-refractivity contribution in [3.8, 4) is 5.75 Å². The van der Waals surface area contributed by atoms with Crippen molar-refractivity contribution in [1.82, 2.24) is 9.88 Å². The number of pyridine rings is 1. The molecule has 0 aliphatic carbocycles. The lowest BCUT2D eigenvalue weighted by Gasteiger charge is -2.31. The van der Waals surface area contributed by atoms with E-state index in [1.54, 1.807) is 0 Å². The molecule has 1 aliphatic rings. The van der Waals surface area contributed by atoms with E-state index in [0.29, 0.717) is 6.61 Å². The molecule has 0 spiro atoms. The van der Waals surface area contributed by atoms with Crippen LogP contribution in [0.15, 0.2) is 18.3 Å². The zero-order valence-electron chi connectivity index (χ0n) is 12.1. The second kappa shape index (κ2) is 7.34. The summed E-state index contributed by atoms with van der Waals surface area (Å²) in [5.74, 6) is 2.48. The maximum absolute atomic E-state index is 5.58. The number of nitrogens with one attached hydrogen (secondary N) is 1. The van der Waals surface area contributed by atoms with Gasteiger partial charge in [0.05, 0.1) is 6.61 Å². The Morgan fingerprint density at radius 2 is 2.16 bits per heavy atom. The van der Waals surface area contributed by atoms with Crippen molar-refractivity contribution in [2.24, 2.45) is 5.92 Å². The second-order valence-corrected chi connectivity index (χ2v) is 5.04. The van der Waals surface area contributed by atoms with Gasteiger partial charge in [-0.1, -0.05) is 6.92 Å². The average Bonchev–Trinajstić information content (AvgIpc) is 2.47. The Morgan fingerprint density at radius 3 is 2.84 bits per heavy atom. The monoisotopic (exact) mass is 263 g/mol. The molecule has 106 valence electrons. The van der Waals surface area contributed by atoms with Crippen molar-refractivity contribution in [3.63, 3.8) is 0 Å². The van der Waals surface area contributed by atoms with Gasteiger partial charge >= 0.3 is 0 Å². The zero-order chi connectivity index (χ0) is 13.5. The first-order chi connectivity index (χ1) is 9.33. The smallest absolute Gasteiger partial charge is 0.168 e. The topological polar surface area (TPSA) is 37.4 Å². The largest absolute Gasteiger partial charge is 0.490 e. The molecular weight excluding hydrogens is 238 g/mol. The Labute approximate surface area is 116 Å². The van der Waals surface area contributed by atoms with Crippen LogP contribution in [0.3, 0.4) is 0 Å². The first kappa shape index (κ1) is 14.1. The van der Waals surface area contributed by atoms with Gasteiger partial charge in [-0.15, -0.1) is 0 Å². The van der Waals surface area contributed by atoms with Gasteiger partial charge in [-0.25, -0.2) is 4.98 Å². The number of hydrogen-bond donors (Lipinski definition) is 1. The van der Waals surface area contributed by atoms with Crippen molar-refractivity contribution in [1.29, 1.82) is 0 Å². The SMILES string of the molecule is CCOc1cccnc1NCC1CCN(CC)CC1. The van der Waals surface area contributed by atoms with Crippen LogP contribution in [0.1, 0.15) is 26.7 Å². The van der Waals surface area contributed by atoms with Crippen LogP contribution in [0.5, 0.6) is 5.75 Å². The highest BCUT2D eigenvalue weighted by Crippen LogP contribution is 2.23. The van der Waals surface area contributed by atoms with Gasteiger partial charge in [-0.2, -0.15) is 0 Å². The quantitative estimate of drug-likeness (QED) is 0.856. The number of anilines is 1. The standard InChI is InChI=1S/C15H25N3O/c1-3-18-10-7-13(8-11-18)12-17-15-14(19-4-2)6-5-9-16-15/h5-6,9,13H,3-4,7-8,10-12H2,1-2H3,(H,16,17). The number of hydrogen-bond acceptors (Lipinski definition) is 4. The molecule has 0 unspecified atom stereocenters. The second-order valence-electron chi connectivity index (χ2n) is 5.04. The fourth-order valence-electron chi connectivity index (χ4n) is 2.54. The molecule has 1 saturated heterocycles.